The smallest absolute Gasteiger partial charge is 0.317 e. The van der Waals surface area contributed by atoms with E-state index in [2.05, 4.69) is 4.74 Å². The molecule has 0 unspecified atom stereocenters. The van der Waals surface area contributed by atoms with Crippen LogP contribution in [0.4, 0.5) is 0 Å². The number of carbonyl (C=O) groups excluding carboxylic acids is 2. The van der Waals surface area contributed by atoms with Gasteiger partial charge in [-0.15, -0.1) is 0 Å². The summed E-state index contributed by atoms with van der Waals surface area (Å²) in [4.78, 5) is 22.4. The van der Waals surface area contributed by atoms with Crippen LogP contribution < -0.4 is 0 Å². The van der Waals surface area contributed by atoms with Gasteiger partial charge in [0.2, 0.25) is 0 Å². The third-order valence-corrected chi connectivity index (χ3v) is 3.07. The molecular weight excluding hydrogens is 168 g/mol. The lowest BCUT2D eigenvalue weighted by atomic mass is 9.78. The summed E-state index contributed by atoms with van der Waals surface area (Å²) < 4.78 is 4.60. The fourth-order valence-electron chi connectivity index (χ4n) is 2.04. The highest BCUT2D eigenvalue weighted by molar-refractivity contribution is 5.97. The zero-order valence-corrected chi connectivity index (χ0v) is 7.79. The summed E-state index contributed by atoms with van der Waals surface area (Å²) in [5.74, 6) is -1.06. The first-order valence-corrected chi connectivity index (χ1v) is 4.50. The summed E-state index contributed by atoms with van der Waals surface area (Å²) in [5.41, 5.74) is 2.46. The molecule has 2 aliphatic rings. The summed E-state index contributed by atoms with van der Waals surface area (Å²) in [6.45, 7) is 4.03. The van der Waals surface area contributed by atoms with E-state index < -0.39 is 0 Å². The molecule has 0 bridgehead atoms. The first-order chi connectivity index (χ1) is 6.09. The third kappa shape index (κ3) is 1.19. The Morgan fingerprint density at radius 2 is 1.38 bits per heavy atom. The molecule has 0 aromatic rings. The molecule has 0 aromatic heterocycles. The molecule has 0 radical (unpaired) electrons. The van der Waals surface area contributed by atoms with Crippen molar-refractivity contribution in [1.82, 2.24) is 0 Å². The van der Waals surface area contributed by atoms with Gasteiger partial charge in [-0.1, -0.05) is 11.1 Å². The standard InChI is InChI=1S/C10H12O3/c1-5-3-7-8(4-6(5)2)10(12)13-9(7)11/h7-8H,3-4H2,1-2H3/t7-,8-/m0/s1. The monoisotopic (exact) mass is 180 g/mol. The van der Waals surface area contributed by atoms with Gasteiger partial charge in [0.15, 0.2) is 0 Å². The van der Waals surface area contributed by atoms with Crippen LogP contribution in [0.15, 0.2) is 11.1 Å². The van der Waals surface area contributed by atoms with Crippen molar-refractivity contribution in [2.24, 2.45) is 11.8 Å². The zero-order valence-electron chi connectivity index (χ0n) is 7.79. The van der Waals surface area contributed by atoms with Crippen LogP contribution in [0, 0.1) is 11.8 Å². The average Bonchev–Trinajstić information content (AvgIpc) is 2.31. The Labute approximate surface area is 76.8 Å². The predicted molar refractivity (Wildman–Crippen MR) is 45.7 cm³/mol. The van der Waals surface area contributed by atoms with E-state index in [0.29, 0.717) is 12.8 Å². The molecule has 0 saturated carbocycles. The first-order valence-electron chi connectivity index (χ1n) is 4.50. The summed E-state index contributed by atoms with van der Waals surface area (Å²) in [5, 5.41) is 0. The molecule has 0 amide bonds. The number of hydrogen-bond donors (Lipinski definition) is 0. The Kier molecular flexibility index (Phi) is 1.75. The van der Waals surface area contributed by atoms with Crippen LogP contribution in [0.5, 0.6) is 0 Å². The first kappa shape index (κ1) is 8.48. The molecule has 70 valence electrons. The highest BCUT2D eigenvalue weighted by Gasteiger charge is 2.45. The van der Waals surface area contributed by atoms with Gasteiger partial charge in [0.05, 0.1) is 11.8 Å². The number of fused-ring (bicyclic) bond motifs is 1. The molecule has 1 fully saturated rings. The summed E-state index contributed by atoms with van der Waals surface area (Å²) >= 11 is 0. The highest BCUT2D eigenvalue weighted by Crippen LogP contribution is 2.39. The van der Waals surface area contributed by atoms with Crippen LogP contribution in [0.2, 0.25) is 0 Å². The van der Waals surface area contributed by atoms with E-state index in [0.717, 1.165) is 0 Å². The molecule has 1 saturated heterocycles. The quantitative estimate of drug-likeness (QED) is 0.322. The molecule has 2 rings (SSSR count). The van der Waals surface area contributed by atoms with Crippen molar-refractivity contribution in [2.75, 3.05) is 0 Å². The molecule has 13 heavy (non-hydrogen) atoms. The van der Waals surface area contributed by atoms with Crippen molar-refractivity contribution in [3.05, 3.63) is 11.1 Å². The van der Waals surface area contributed by atoms with Gasteiger partial charge in [-0.25, -0.2) is 0 Å². The fraction of sp³-hybridized carbons (Fsp3) is 0.600. The molecule has 2 atom stereocenters. The second-order valence-electron chi connectivity index (χ2n) is 3.92. The Hall–Kier alpha value is -1.12. The van der Waals surface area contributed by atoms with Crippen molar-refractivity contribution in [2.45, 2.75) is 26.7 Å². The molecule has 1 heterocycles. The van der Waals surface area contributed by atoms with Crippen LogP contribution >= 0.6 is 0 Å². The zero-order chi connectivity index (χ0) is 9.59. The number of carbonyl (C=O) groups is 2. The number of hydrogen-bond acceptors (Lipinski definition) is 3. The van der Waals surface area contributed by atoms with E-state index in [4.69, 9.17) is 0 Å². The van der Waals surface area contributed by atoms with E-state index in [-0.39, 0.29) is 23.8 Å². The lowest BCUT2D eigenvalue weighted by molar-refractivity contribution is -0.153. The van der Waals surface area contributed by atoms with Gasteiger partial charge in [-0.3, -0.25) is 9.59 Å². The maximum atomic E-state index is 11.2. The van der Waals surface area contributed by atoms with E-state index in [9.17, 15) is 9.59 Å². The molecule has 3 nitrogen and oxygen atoms in total. The molecule has 0 spiro atoms. The normalized spacial score (nSPS) is 33.4. The van der Waals surface area contributed by atoms with Gasteiger partial charge in [0, 0.05) is 0 Å². The number of cyclic esters (lactones) is 2. The highest BCUT2D eigenvalue weighted by atomic mass is 16.6. The third-order valence-electron chi connectivity index (χ3n) is 3.07. The van der Waals surface area contributed by atoms with E-state index in [1.165, 1.54) is 11.1 Å². The van der Waals surface area contributed by atoms with Gasteiger partial charge in [0.25, 0.3) is 0 Å². The van der Waals surface area contributed by atoms with E-state index in [1.807, 2.05) is 13.8 Å². The number of rotatable bonds is 0. The maximum Gasteiger partial charge on any atom is 0.317 e. The Bertz CT molecular complexity index is 284. The van der Waals surface area contributed by atoms with Gasteiger partial charge in [0.1, 0.15) is 0 Å². The van der Waals surface area contributed by atoms with Gasteiger partial charge < -0.3 is 4.74 Å². The molecule has 0 N–H and O–H groups in total. The van der Waals surface area contributed by atoms with Gasteiger partial charge >= 0.3 is 11.9 Å². The Balaban J connectivity index is 2.31. The number of esters is 2. The lowest BCUT2D eigenvalue weighted by Gasteiger charge is -2.21. The van der Waals surface area contributed by atoms with Crippen LogP contribution in [0.3, 0.4) is 0 Å². The second-order valence-corrected chi connectivity index (χ2v) is 3.92. The minimum absolute atomic E-state index is 0.198. The van der Waals surface area contributed by atoms with Crippen molar-refractivity contribution < 1.29 is 14.3 Å². The van der Waals surface area contributed by atoms with Crippen LogP contribution in [-0.4, -0.2) is 11.9 Å². The maximum absolute atomic E-state index is 11.2. The number of ether oxygens (including phenoxy) is 1. The Morgan fingerprint density at radius 3 is 1.77 bits per heavy atom. The lowest BCUT2D eigenvalue weighted by Crippen LogP contribution is -2.22. The van der Waals surface area contributed by atoms with E-state index in [1.54, 1.807) is 0 Å². The molecule has 1 aliphatic carbocycles. The Morgan fingerprint density at radius 1 is 1.00 bits per heavy atom. The summed E-state index contributed by atoms with van der Waals surface area (Å²) in [6.07, 6.45) is 1.39. The second kappa shape index (κ2) is 2.69. The van der Waals surface area contributed by atoms with Crippen molar-refractivity contribution in [1.29, 1.82) is 0 Å². The van der Waals surface area contributed by atoms with Crippen molar-refractivity contribution >= 4 is 11.9 Å². The van der Waals surface area contributed by atoms with E-state index >= 15 is 0 Å². The van der Waals surface area contributed by atoms with Crippen LogP contribution in [-0.2, 0) is 14.3 Å². The van der Waals surface area contributed by atoms with Gasteiger partial charge in [-0.2, -0.15) is 0 Å². The minimum Gasteiger partial charge on any atom is -0.393 e. The summed E-state index contributed by atoms with van der Waals surface area (Å²) in [6, 6.07) is 0. The van der Waals surface area contributed by atoms with Crippen LogP contribution in [0.25, 0.3) is 0 Å². The minimum atomic E-state index is -0.332. The topological polar surface area (TPSA) is 43.4 Å². The SMILES string of the molecule is CC1=C(C)C[C@@H]2C(=O)OC(=O)[C@H]2C1. The van der Waals surface area contributed by atoms with Crippen molar-refractivity contribution in [3.8, 4) is 0 Å². The van der Waals surface area contributed by atoms with Gasteiger partial charge in [-0.05, 0) is 26.7 Å². The summed E-state index contributed by atoms with van der Waals surface area (Å²) in [7, 11) is 0. The fourth-order valence-corrected chi connectivity index (χ4v) is 2.04. The molecule has 1 aliphatic heterocycles. The van der Waals surface area contributed by atoms with Crippen molar-refractivity contribution in [3.63, 3.8) is 0 Å². The average molecular weight is 180 g/mol. The molecular formula is C10H12O3. The molecule has 0 aromatic carbocycles. The predicted octanol–water partition coefficient (Wildman–Crippen LogP) is 1.43. The number of allylic oxidation sites excluding steroid dienone is 2. The largest absolute Gasteiger partial charge is 0.393 e. The molecule has 3 heteroatoms. The van der Waals surface area contributed by atoms with Crippen LogP contribution in [0.1, 0.15) is 26.7 Å².